The predicted octanol–water partition coefficient (Wildman–Crippen LogP) is 1.94. The minimum absolute atomic E-state index is 0.396. The van der Waals surface area contributed by atoms with Crippen molar-refractivity contribution in [3.63, 3.8) is 0 Å². The van der Waals surface area contributed by atoms with Crippen molar-refractivity contribution in [2.45, 2.75) is 11.1 Å². The lowest BCUT2D eigenvalue weighted by molar-refractivity contribution is 0.101. The molecule has 0 spiro atoms. The van der Waals surface area contributed by atoms with Crippen LogP contribution in [0.15, 0.2) is 24.3 Å². The SMILES string of the molecule is Cc1ccc(C(=O)[C@@H](Br)S(C)(=O)=O)cc1. The van der Waals surface area contributed by atoms with E-state index in [1.165, 1.54) is 0 Å². The van der Waals surface area contributed by atoms with Gasteiger partial charge in [0.15, 0.2) is 19.8 Å². The third-order valence-electron chi connectivity index (χ3n) is 1.92. The summed E-state index contributed by atoms with van der Waals surface area (Å²) in [6, 6.07) is 6.79. The lowest BCUT2D eigenvalue weighted by Crippen LogP contribution is -2.23. The van der Waals surface area contributed by atoms with Crippen molar-refractivity contribution in [2.24, 2.45) is 0 Å². The average molecular weight is 291 g/mol. The molecule has 0 aliphatic heterocycles. The van der Waals surface area contributed by atoms with E-state index in [4.69, 9.17) is 0 Å². The molecule has 3 nitrogen and oxygen atoms in total. The Morgan fingerprint density at radius 2 is 1.73 bits per heavy atom. The molecule has 1 atom stereocenters. The fraction of sp³-hybridized carbons (Fsp3) is 0.300. The summed E-state index contributed by atoms with van der Waals surface area (Å²) in [6.07, 6.45) is 1.03. The summed E-state index contributed by atoms with van der Waals surface area (Å²) in [5.74, 6) is -0.433. The normalized spacial score (nSPS) is 13.5. The molecule has 0 aromatic heterocycles. The van der Waals surface area contributed by atoms with E-state index in [0.29, 0.717) is 5.56 Å². The molecule has 0 N–H and O–H groups in total. The predicted molar refractivity (Wildman–Crippen MR) is 63.1 cm³/mol. The monoisotopic (exact) mass is 290 g/mol. The van der Waals surface area contributed by atoms with Crippen LogP contribution in [0.5, 0.6) is 0 Å². The van der Waals surface area contributed by atoms with Gasteiger partial charge in [-0.05, 0) is 6.92 Å². The van der Waals surface area contributed by atoms with Crippen LogP contribution in [0.1, 0.15) is 15.9 Å². The van der Waals surface area contributed by atoms with Gasteiger partial charge in [0.2, 0.25) is 0 Å². The van der Waals surface area contributed by atoms with E-state index in [-0.39, 0.29) is 0 Å². The van der Waals surface area contributed by atoms with E-state index >= 15 is 0 Å². The zero-order valence-corrected chi connectivity index (χ0v) is 10.8. The Balaban J connectivity index is 3.01. The fourth-order valence-electron chi connectivity index (χ4n) is 1.04. The zero-order chi connectivity index (χ0) is 11.6. The van der Waals surface area contributed by atoms with Gasteiger partial charge in [-0.25, -0.2) is 8.42 Å². The van der Waals surface area contributed by atoms with Crippen LogP contribution in [-0.2, 0) is 9.84 Å². The number of hydrogen-bond donors (Lipinski definition) is 0. The number of rotatable bonds is 3. The number of carbonyl (C=O) groups is 1. The molecule has 0 amide bonds. The largest absolute Gasteiger partial charge is 0.292 e. The van der Waals surface area contributed by atoms with Gasteiger partial charge < -0.3 is 0 Å². The minimum atomic E-state index is -3.39. The van der Waals surface area contributed by atoms with Gasteiger partial charge in [-0.2, -0.15) is 0 Å². The summed E-state index contributed by atoms with van der Waals surface area (Å²) in [4.78, 5) is 11.7. The van der Waals surface area contributed by atoms with Crippen LogP contribution in [0.4, 0.5) is 0 Å². The third-order valence-corrected chi connectivity index (χ3v) is 5.34. The highest BCUT2D eigenvalue weighted by Gasteiger charge is 2.26. The lowest BCUT2D eigenvalue weighted by Gasteiger charge is -2.06. The number of benzene rings is 1. The minimum Gasteiger partial charge on any atom is -0.292 e. The molecule has 82 valence electrons. The van der Waals surface area contributed by atoms with Gasteiger partial charge in [-0.1, -0.05) is 45.8 Å². The van der Waals surface area contributed by atoms with Crippen molar-refractivity contribution in [1.82, 2.24) is 0 Å². The summed E-state index contributed by atoms with van der Waals surface area (Å²) in [5.41, 5.74) is 1.42. The molecule has 0 heterocycles. The highest BCUT2D eigenvalue weighted by Crippen LogP contribution is 2.15. The molecule has 1 aromatic rings. The fourth-order valence-corrected chi connectivity index (χ4v) is 1.83. The molecule has 0 saturated carbocycles. The smallest absolute Gasteiger partial charge is 0.191 e. The van der Waals surface area contributed by atoms with Gasteiger partial charge in [0.25, 0.3) is 0 Å². The molecule has 0 radical (unpaired) electrons. The first-order valence-electron chi connectivity index (χ1n) is 4.26. The highest BCUT2D eigenvalue weighted by molar-refractivity contribution is 9.11. The van der Waals surface area contributed by atoms with E-state index in [9.17, 15) is 13.2 Å². The summed E-state index contributed by atoms with van der Waals surface area (Å²) >= 11 is 2.88. The van der Waals surface area contributed by atoms with E-state index in [1.807, 2.05) is 6.92 Å². The molecule has 0 bridgehead atoms. The molecule has 15 heavy (non-hydrogen) atoms. The number of sulfone groups is 1. The van der Waals surface area contributed by atoms with Crippen LogP contribution < -0.4 is 0 Å². The number of alkyl halides is 1. The van der Waals surface area contributed by atoms with E-state index in [2.05, 4.69) is 15.9 Å². The highest BCUT2D eigenvalue weighted by atomic mass is 79.9. The number of hydrogen-bond acceptors (Lipinski definition) is 3. The molecule has 0 aliphatic rings. The van der Waals surface area contributed by atoms with E-state index < -0.39 is 19.8 Å². The number of aryl methyl sites for hydroxylation is 1. The van der Waals surface area contributed by atoms with Crippen molar-refractivity contribution < 1.29 is 13.2 Å². The summed E-state index contributed by atoms with van der Waals surface area (Å²) in [5, 5.41) is 0. The maximum absolute atomic E-state index is 11.7. The third kappa shape index (κ3) is 3.14. The van der Waals surface area contributed by atoms with Crippen molar-refractivity contribution in [1.29, 1.82) is 0 Å². The summed E-state index contributed by atoms with van der Waals surface area (Å²) < 4.78 is 21.1. The molecule has 0 aliphatic carbocycles. The Morgan fingerprint density at radius 3 is 2.13 bits per heavy atom. The summed E-state index contributed by atoms with van der Waals surface area (Å²) in [6.45, 7) is 1.90. The Labute approximate surface area is 97.5 Å². The zero-order valence-electron chi connectivity index (χ0n) is 8.40. The standard InChI is InChI=1S/C10H11BrO3S/c1-7-3-5-8(6-4-7)9(12)10(11)15(2,13)14/h3-6,10H,1-2H3/t10-/m0/s1. The second-order valence-electron chi connectivity index (χ2n) is 3.38. The Hall–Kier alpha value is -0.680. The van der Waals surface area contributed by atoms with Crippen LogP contribution in [0.25, 0.3) is 0 Å². The maximum Gasteiger partial charge on any atom is 0.191 e. The Morgan fingerprint density at radius 1 is 1.27 bits per heavy atom. The van der Waals surface area contributed by atoms with Gasteiger partial charge in [0.1, 0.15) is 0 Å². The quantitative estimate of drug-likeness (QED) is 0.631. The van der Waals surface area contributed by atoms with E-state index in [0.717, 1.165) is 11.8 Å². The molecule has 5 heteroatoms. The van der Waals surface area contributed by atoms with Crippen molar-refractivity contribution in [3.8, 4) is 0 Å². The lowest BCUT2D eigenvalue weighted by atomic mass is 10.1. The maximum atomic E-state index is 11.7. The van der Waals surface area contributed by atoms with Gasteiger partial charge in [-0.3, -0.25) is 4.79 Å². The van der Waals surface area contributed by atoms with Crippen LogP contribution in [0.3, 0.4) is 0 Å². The average Bonchev–Trinajstić information content (AvgIpc) is 2.15. The van der Waals surface area contributed by atoms with Crippen LogP contribution in [-0.4, -0.2) is 24.6 Å². The molecule has 1 rings (SSSR count). The van der Waals surface area contributed by atoms with Gasteiger partial charge in [0, 0.05) is 11.8 Å². The number of halogens is 1. The molecule has 0 fully saturated rings. The number of carbonyl (C=O) groups excluding carboxylic acids is 1. The first-order valence-corrected chi connectivity index (χ1v) is 7.13. The first-order chi connectivity index (χ1) is 6.82. The molecular weight excluding hydrogens is 280 g/mol. The topological polar surface area (TPSA) is 51.2 Å². The van der Waals surface area contributed by atoms with Crippen LogP contribution in [0.2, 0.25) is 0 Å². The van der Waals surface area contributed by atoms with Gasteiger partial charge in [-0.15, -0.1) is 0 Å². The van der Waals surface area contributed by atoms with E-state index in [1.54, 1.807) is 24.3 Å². The first kappa shape index (κ1) is 12.4. The number of ketones is 1. The van der Waals surface area contributed by atoms with Crippen molar-refractivity contribution in [3.05, 3.63) is 35.4 Å². The Kier molecular flexibility index (Phi) is 3.67. The number of Topliss-reactive ketones (excluding diaryl/α,β-unsaturated/α-hetero) is 1. The van der Waals surface area contributed by atoms with Crippen LogP contribution in [0, 0.1) is 6.92 Å². The molecule has 0 saturated heterocycles. The Bertz CT molecular complexity index is 462. The molecular formula is C10H11BrO3S. The second-order valence-corrected chi connectivity index (χ2v) is 7.03. The van der Waals surface area contributed by atoms with Crippen molar-refractivity contribution in [2.75, 3.05) is 6.26 Å². The second kappa shape index (κ2) is 4.45. The van der Waals surface area contributed by atoms with Gasteiger partial charge in [0.05, 0.1) is 0 Å². The van der Waals surface area contributed by atoms with Crippen LogP contribution >= 0.6 is 15.9 Å². The molecule has 0 unspecified atom stereocenters. The van der Waals surface area contributed by atoms with Crippen molar-refractivity contribution >= 4 is 31.6 Å². The summed E-state index contributed by atoms with van der Waals surface area (Å²) in [7, 11) is -3.39. The molecule has 1 aromatic carbocycles. The van der Waals surface area contributed by atoms with Gasteiger partial charge >= 0.3 is 0 Å².